The number of carbonyl (C=O) groups excluding carboxylic acids is 1. The van der Waals surface area contributed by atoms with Gasteiger partial charge in [0.2, 0.25) is 0 Å². The second-order valence-corrected chi connectivity index (χ2v) is 4.78. The number of aliphatic carboxylic acids is 1. The zero-order chi connectivity index (χ0) is 14.5. The maximum Gasteiger partial charge on any atom is 0.305 e. The minimum Gasteiger partial charge on any atom is -0.481 e. The Morgan fingerprint density at radius 1 is 1.55 bits per heavy atom. The Labute approximate surface area is 117 Å². The van der Waals surface area contributed by atoms with Gasteiger partial charge in [-0.05, 0) is 31.4 Å². The molecule has 6 nitrogen and oxygen atoms in total. The number of hydrogen-bond acceptors (Lipinski definition) is 4. The van der Waals surface area contributed by atoms with Gasteiger partial charge >= 0.3 is 5.97 Å². The standard InChI is InChI=1S/C14H18N2O4/c1-10-4-2-7-15-13(10)16(8-6-12(17)18)14(19)11-5-3-9-20-11/h2,4,7,11H,3,5-6,8-9H2,1H3,(H,17,18). The molecule has 2 rings (SSSR count). The molecule has 6 heteroatoms. The number of amides is 1. The number of aromatic nitrogens is 1. The molecule has 108 valence electrons. The summed E-state index contributed by atoms with van der Waals surface area (Å²) in [5, 5.41) is 8.84. The van der Waals surface area contributed by atoms with Crippen LogP contribution >= 0.6 is 0 Å². The van der Waals surface area contributed by atoms with Gasteiger partial charge in [-0.15, -0.1) is 0 Å². The van der Waals surface area contributed by atoms with E-state index in [2.05, 4.69) is 4.98 Å². The zero-order valence-corrected chi connectivity index (χ0v) is 11.4. The molecule has 1 aliphatic heterocycles. The second kappa shape index (κ2) is 6.47. The van der Waals surface area contributed by atoms with Crippen molar-refractivity contribution in [2.24, 2.45) is 0 Å². The summed E-state index contributed by atoms with van der Waals surface area (Å²) in [5.41, 5.74) is 0.837. The molecule has 1 unspecified atom stereocenters. The SMILES string of the molecule is Cc1cccnc1N(CCC(=O)O)C(=O)C1CCCO1. The van der Waals surface area contributed by atoms with E-state index in [1.165, 1.54) is 4.90 Å². The van der Waals surface area contributed by atoms with E-state index >= 15 is 0 Å². The molecule has 0 spiro atoms. The van der Waals surface area contributed by atoms with Crippen molar-refractivity contribution in [3.05, 3.63) is 23.9 Å². The highest BCUT2D eigenvalue weighted by Gasteiger charge is 2.30. The molecule has 2 heterocycles. The summed E-state index contributed by atoms with van der Waals surface area (Å²) >= 11 is 0. The number of pyridine rings is 1. The van der Waals surface area contributed by atoms with Crippen LogP contribution in [0.25, 0.3) is 0 Å². The van der Waals surface area contributed by atoms with Crippen LogP contribution in [0.5, 0.6) is 0 Å². The average molecular weight is 278 g/mol. The normalized spacial score (nSPS) is 17.9. The molecule has 1 saturated heterocycles. The minimum absolute atomic E-state index is 0.103. The topological polar surface area (TPSA) is 79.7 Å². The number of carbonyl (C=O) groups is 2. The van der Waals surface area contributed by atoms with Crippen LogP contribution in [-0.4, -0.2) is 41.2 Å². The maximum absolute atomic E-state index is 12.5. The molecule has 0 aliphatic carbocycles. The van der Waals surface area contributed by atoms with Crippen LogP contribution in [0.3, 0.4) is 0 Å². The highest BCUT2D eigenvalue weighted by molar-refractivity contribution is 5.96. The lowest BCUT2D eigenvalue weighted by Crippen LogP contribution is -2.41. The Morgan fingerprint density at radius 2 is 2.35 bits per heavy atom. The Morgan fingerprint density at radius 3 is 2.95 bits per heavy atom. The zero-order valence-electron chi connectivity index (χ0n) is 11.4. The quantitative estimate of drug-likeness (QED) is 0.880. The number of anilines is 1. The number of rotatable bonds is 5. The van der Waals surface area contributed by atoms with Gasteiger partial charge in [0.05, 0.1) is 6.42 Å². The van der Waals surface area contributed by atoms with Crippen molar-refractivity contribution >= 4 is 17.7 Å². The van der Waals surface area contributed by atoms with Gasteiger partial charge in [-0.25, -0.2) is 4.98 Å². The third-order valence-electron chi connectivity index (χ3n) is 3.26. The van der Waals surface area contributed by atoms with Gasteiger partial charge < -0.3 is 9.84 Å². The van der Waals surface area contributed by atoms with Crippen LogP contribution in [0, 0.1) is 6.92 Å². The van der Waals surface area contributed by atoms with Crippen LogP contribution in [-0.2, 0) is 14.3 Å². The van der Waals surface area contributed by atoms with Crippen molar-refractivity contribution in [2.45, 2.75) is 32.3 Å². The summed E-state index contributed by atoms with van der Waals surface area (Å²) in [6, 6.07) is 3.63. The number of hydrogen-bond donors (Lipinski definition) is 1. The van der Waals surface area contributed by atoms with E-state index in [4.69, 9.17) is 9.84 Å². The van der Waals surface area contributed by atoms with Crippen molar-refractivity contribution in [3.8, 4) is 0 Å². The number of ether oxygens (including phenoxy) is 1. The summed E-state index contributed by atoms with van der Waals surface area (Å²) in [6.45, 7) is 2.52. The number of carboxylic acid groups (broad SMARTS) is 1. The third kappa shape index (κ3) is 3.33. The van der Waals surface area contributed by atoms with Crippen molar-refractivity contribution in [2.75, 3.05) is 18.1 Å². The Bertz CT molecular complexity index is 498. The van der Waals surface area contributed by atoms with Gasteiger partial charge in [0.25, 0.3) is 5.91 Å². The third-order valence-corrected chi connectivity index (χ3v) is 3.26. The van der Waals surface area contributed by atoms with Crippen LogP contribution < -0.4 is 4.90 Å². The fourth-order valence-corrected chi connectivity index (χ4v) is 2.23. The first-order chi connectivity index (χ1) is 9.59. The predicted molar refractivity (Wildman–Crippen MR) is 72.6 cm³/mol. The lowest BCUT2D eigenvalue weighted by atomic mass is 10.2. The highest BCUT2D eigenvalue weighted by Crippen LogP contribution is 2.21. The first kappa shape index (κ1) is 14.5. The molecule has 1 amide bonds. The van der Waals surface area contributed by atoms with Gasteiger partial charge in [-0.2, -0.15) is 0 Å². The first-order valence-corrected chi connectivity index (χ1v) is 6.66. The van der Waals surface area contributed by atoms with Crippen molar-refractivity contribution in [1.82, 2.24) is 4.98 Å². The Kier molecular flexibility index (Phi) is 4.68. The smallest absolute Gasteiger partial charge is 0.305 e. The molecule has 1 aliphatic rings. The van der Waals surface area contributed by atoms with Gasteiger partial charge in [-0.1, -0.05) is 6.07 Å². The number of nitrogens with zero attached hydrogens (tertiary/aromatic N) is 2. The van der Waals surface area contributed by atoms with Crippen LogP contribution in [0.2, 0.25) is 0 Å². The van der Waals surface area contributed by atoms with E-state index in [0.29, 0.717) is 18.8 Å². The minimum atomic E-state index is -0.941. The lowest BCUT2D eigenvalue weighted by molar-refractivity contribution is -0.136. The fraction of sp³-hybridized carbons (Fsp3) is 0.500. The molecule has 1 atom stereocenters. The maximum atomic E-state index is 12.5. The lowest BCUT2D eigenvalue weighted by Gasteiger charge is -2.25. The van der Waals surface area contributed by atoms with Crippen molar-refractivity contribution in [3.63, 3.8) is 0 Å². The van der Waals surface area contributed by atoms with Crippen molar-refractivity contribution in [1.29, 1.82) is 0 Å². The van der Waals surface area contributed by atoms with E-state index in [0.717, 1.165) is 12.0 Å². The Hall–Kier alpha value is -1.95. The van der Waals surface area contributed by atoms with Crippen LogP contribution in [0.4, 0.5) is 5.82 Å². The molecule has 0 radical (unpaired) electrons. The summed E-state index contributed by atoms with van der Waals surface area (Å²) in [4.78, 5) is 28.9. The molecule has 20 heavy (non-hydrogen) atoms. The summed E-state index contributed by atoms with van der Waals surface area (Å²) in [7, 11) is 0. The molecular formula is C14H18N2O4. The van der Waals surface area contributed by atoms with E-state index in [9.17, 15) is 9.59 Å². The largest absolute Gasteiger partial charge is 0.481 e. The number of aryl methyl sites for hydroxylation is 1. The van der Waals surface area contributed by atoms with E-state index in [1.54, 1.807) is 12.3 Å². The second-order valence-electron chi connectivity index (χ2n) is 4.78. The average Bonchev–Trinajstić information content (AvgIpc) is 2.94. The fourth-order valence-electron chi connectivity index (χ4n) is 2.23. The molecule has 1 fully saturated rings. The monoisotopic (exact) mass is 278 g/mol. The summed E-state index contributed by atoms with van der Waals surface area (Å²) in [6.07, 6.45) is 2.52. The highest BCUT2D eigenvalue weighted by atomic mass is 16.5. The van der Waals surface area contributed by atoms with Gasteiger partial charge in [0.1, 0.15) is 11.9 Å². The van der Waals surface area contributed by atoms with Gasteiger partial charge in [0, 0.05) is 19.3 Å². The Balaban J connectivity index is 2.21. The van der Waals surface area contributed by atoms with E-state index in [1.807, 2.05) is 13.0 Å². The summed E-state index contributed by atoms with van der Waals surface area (Å²) in [5.74, 6) is -0.636. The van der Waals surface area contributed by atoms with Crippen LogP contribution in [0.1, 0.15) is 24.8 Å². The molecule has 0 aromatic carbocycles. The van der Waals surface area contributed by atoms with Crippen LogP contribution in [0.15, 0.2) is 18.3 Å². The molecule has 1 aromatic rings. The predicted octanol–water partition coefficient (Wildman–Crippen LogP) is 1.38. The molecule has 1 N–H and O–H groups in total. The van der Waals surface area contributed by atoms with Gasteiger partial charge in [0.15, 0.2) is 0 Å². The van der Waals surface area contributed by atoms with Crippen molar-refractivity contribution < 1.29 is 19.4 Å². The van der Waals surface area contributed by atoms with E-state index in [-0.39, 0.29) is 18.9 Å². The molecule has 0 bridgehead atoms. The first-order valence-electron chi connectivity index (χ1n) is 6.66. The molecule has 1 aromatic heterocycles. The van der Waals surface area contributed by atoms with E-state index < -0.39 is 12.1 Å². The molecule has 0 saturated carbocycles. The van der Waals surface area contributed by atoms with Gasteiger partial charge in [-0.3, -0.25) is 14.5 Å². The number of carboxylic acids is 1. The summed E-state index contributed by atoms with van der Waals surface area (Å²) < 4.78 is 5.40. The molecular weight excluding hydrogens is 260 g/mol.